The number of carbonyl (C=O) groups is 2. The standard InChI is InChI=1S/C25H24N2O3/c1-18-7-5-6-10-22(18)25(29)27-14-13-20-12-11-19(15-23(20)27)16-26-24(28)17-30-21-8-3-2-4-9-21/h2-12,15H,13-14,16-17H2,1H3,(H,26,28). The number of hydrogen-bond acceptors (Lipinski definition) is 3. The Morgan fingerprint density at radius 2 is 1.77 bits per heavy atom. The fourth-order valence-corrected chi connectivity index (χ4v) is 3.62. The first kappa shape index (κ1) is 19.7. The molecular formula is C25H24N2O3. The third kappa shape index (κ3) is 4.35. The first-order valence-corrected chi connectivity index (χ1v) is 10.1. The number of ether oxygens (including phenoxy) is 1. The molecule has 0 bridgehead atoms. The van der Waals surface area contributed by atoms with Crippen molar-refractivity contribution in [3.63, 3.8) is 0 Å². The minimum absolute atomic E-state index is 0.0179. The van der Waals surface area contributed by atoms with E-state index in [1.54, 1.807) is 0 Å². The molecule has 0 saturated carbocycles. The molecule has 152 valence electrons. The van der Waals surface area contributed by atoms with Gasteiger partial charge in [-0.15, -0.1) is 0 Å². The molecule has 0 aromatic heterocycles. The van der Waals surface area contributed by atoms with Gasteiger partial charge in [0.15, 0.2) is 6.61 Å². The first-order valence-electron chi connectivity index (χ1n) is 10.1. The Balaban J connectivity index is 1.40. The van der Waals surface area contributed by atoms with Crippen molar-refractivity contribution in [3.8, 4) is 5.75 Å². The second-order valence-electron chi connectivity index (χ2n) is 7.36. The molecule has 4 rings (SSSR count). The second-order valence-corrected chi connectivity index (χ2v) is 7.36. The summed E-state index contributed by atoms with van der Waals surface area (Å²) in [6.45, 7) is 2.97. The summed E-state index contributed by atoms with van der Waals surface area (Å²) in [5.74, 6) is 0.493. The molecule has 5 nitrogen and oxygen atoms in total. The molecule has 0 radical (unpaired) electrons. The van der Waals surface area contributed by atoms with E-state index in [2.05, 4.69) is 5.32 Å². The van der Waals surface area contributed by atoms with Crippen LogP contribution in [0.2, 0.25) is 0 Å². The van der Waals surface area contributed by atoms with Gasteiger partial charge in [-0.25, -0.2) is 0 Å². The molecule has 0 aliphatic carbocycles. The monoisotopic (exact) mass is 400 g/mol. The molecule has 0 saturated heterocycles. The predicted octanol–water partition coefficient (Wildman–Crippen LogP) is 3.89. The molecular weight excluding hydrogens is 376 g/mol. The Morgan fingerprint density at radius 1 is 1.00 bits per heavy atom. The van der Waals surface area contributed by atoms with Crippen LogP contribution < -0.4 is 15.0 Å². The summed E-state index contributed by atoms with van der Waals surface area (Å²) >= 11 is 0. The van der Waals surface area contributed by atoms with E-state index >= 15 is 0 Å². The Hall–Kier alpha value is -3.60. The van der Waals surface area contributed by atoms with Crippen LogP contribution in [-0.4, -0.2) is 25.0 Å². The van der Waals surface area contributed by atoms with Crippen LogP contribution in [0, 0.1) is 6.92 Å². The Labute approximate surface area is 176 Å². The molecule has 0 spiro atoms. The summed E-state index contributed by atoms with van der Waals surface area (Å²) in [7, 11) is 0. The smallest absolute Gasteiger partial charge is 0.258 e. The number of nitrogens with one attached hydrogen (secondary N) is 1. The third-order valence-corrected chi connectivity index (χ3v) is 5.27. The molecule has 0 atom stereocenters. The molecule has 0 fully saturated rings. The van der Waals surface area contributed by atoms with Crippen LogP contribution in [0.15, 0.2) is 72.8 Å². The SMILES string of the molecule is Cc1ccccc1C(=O)N1CCc2ccc(CNC(=O)COc3ccccc3)cc21. The van der Waals surface area contributed by atoms with E-state index in [4.69, 9.17) is 4.74 Å². The van der Waals surface area contributed by atoms with Crippen LogP contribution in [0.4, 0.5) is 5.69 Å². The molecule has 30 heavy (non-hydrogen) atoms. The van der Waals surface area contributed by atoms with Crippen LogP contribution in [0.5, 0.6) is 5.75 Å². The zero-order valence-electron chi connectivity index (χ0n) is 16.9. The summed E-state index contributed by atoms with van der Waals surface area (Å²) in [6.07, 6.45) is 0.838. The van der Waals surface area contributed by atoms with E-state index in [1.807, 2.05) is 84.6 Å². The van der Waals surface area contributed by atoms with Crippen molar-refractivity contribution in [1.29, 1.82) is 0 Å². The predicted molar refractivity (Wildman–Crippen MR) is 117 cm³/mol. The first-order chi connectivity index (χ1) is 14.6. The van der Waals surface area contributed by atoms with Gasteiger partial charge in [-0.2, -0.15) is 0 Å². The van der Waals surface area contributed by atoms with E-state index in [0.717, 1.165) is 34.4 Å². The van der Waals surface area contributed by atoms with E-state index in [0.29, 0.717) is 18.8 Å². The van der Waals surface area contributed by atoms with Crippen molar-refractivity contribution < 1.29 is 14.3 Å². The van der Waals surface area contributed by atoms with Crippen LogP contribution in [0.3, 0.4) is 0 Å². The number of fused-ring (bicyclic) bond motifs is 1. The summed E-state index contributed by atoms with van der Waals surface area (Å²) in [4.78, 5) is 27.0. The zero-order chi connectivity index (χ0) is 20.9. The maximum atomic E-state index is 13.1. The van der Waals surface area contributed by atoms with Gasteiger partial charge in [0.05, 0.1) is 0 Å². The van der Waals surface area contributed by atoms with Crippen LogP contribution in [0.1, 0.15) is 27.0 Å². The molecule has 1 N–H and O–H groups in total. The number of aryl methyl sites for hydroxylation is 1. The quantitative estimate of drug-likeness (QED) is 0.683. The van der Waals surface area contributed by atoms with Gasteiger partial charge < -0.3 is 15.0 Å². The molecule has 1 aliphatic heterocycles. The molecule has 0 unspecified atom stereocenters. The van der Waals surface area contributed by atoms with Gasteiger partial charge in [0.25, 0.3) is 11.8 Å². The van der Waals surface area contributed by atoms with Crippen molar-refractivity contribution in [2.24, 2.45) is 0 Å². The maximum absolute atomic E-state index is 13.1. The van der Waals surface area contributed by atoms with Crippen molar-refractivity contribution in [2.45, 2.75) is 19.9 Å². The molecule has 3 aromatic carbocycles. The molecule has 5 heteroatoms. The highest BCUT2D eigenvalue weighted by molar-refractivity contribution is 6.08. The molecule has 1 aliphatic rings. The highest BCUT2D eigenvalue weighted by Crippen LogP contribution is 2.31. The lowest BCUT2D eigenvalue weighted by Crippen LogP contribution is -2.30. The summed E-state index contributed by atoms with van der Waals surface area (Å²) in [5.41, 5.74) is 4.72. The number of benzene rings is 3. The topological polar surface area (TPSA) is 58.6 Å². The van der Waals surface area contributed by atoms with E-state index in [9.17, 15) is 9.59 Å². The van der Waals surface area contributed by atoms with Crippen LogP contribution in [-0.2, 0) is 17.8 Å². The fraction of sp³-hybridized carbons (Fsp3) is 0.200. The maximum Gasteiger partial charge on any atom is 0.258 e. The Bertz CT molecular complexity index is 1060. The number of hydrogen-bond donors (Lipinski definition) is 1. The summed E-state index contributed by atoms with van der Waals surface area (Å²) < 4.78 is 5.47. The minimum atomic E-state index is -0.188. The Morgan fingerprint density at radius 3 is 2.57 bits per heavy atom. The summed E-state index contributed by atoms with van der Waals surface area (Å²) in [6, 6.07) is 22.9. The van der Waals surface area contributed by atoms with Gasteiger partial charge in [0.2, 0.25) is 0 Å². The summed E-state index contributed by atoms with van der Waals surface area (Å²) in [5, 5.41) is 2.88. The van der Waals surface area contributed by atoms with Crippen LogP contribution in [0.25, 0.3) is 0 Å². The fourth-order valence-electron chi connectivity index (χ4n) is 3.62. The minimum Gasteiger partial charge on any atom is -0.484 e. The van der Waals surface area contributed by atoms with E-state index in [1.165, 1.54) is 0 Å². The lowest BCUT2D eigenvalue weighted by atomic mass is 10.1. The normalized spacial score (nSPS) is 12.4. The number of carbonyl (C=O) groups excluding carboxylic acids is 2. The number of amides is 2. The third-order valence-electron chi connectivity index (χ3n) is 5.27. The van der Waals surface area contributed by atoms with Crippen molar-refractivity contribution in [1.82, 2.24) is 5.32 Å². The molecule has 2 amide bonds. The average Bonchev–Trinajstić information content (AvgIpc) is 3.20. The van der Waals surface area contributed by atoms with E-state index in [-0.39, 0.29) is 18.4 Å². The largest absolute Gasteiger partial charge is 0.484 e. The van der Waals surface area contributed by atoms with Crippen molar-refractivity contribution in [3.05, 3.63) is 95.1 Å². The molecule has 3 aromatic rings. The van der Waals surface area contributed by atoms with Crippen molar-refractivity contribution in [2.75, 3.05) is 18.1 Å². The number of nitrogens with zero attached hydrogens (tertiary/aromatic N) is 1. The number of anilines is 1. The van der Waals surface area contributed by atoms with Gasteiger partial charge in [-0.05, 0) is 54.3 Å². The Kier molecular flexibility index (Phi) is 5.80. The molecule has 1 heterocycles. The van der Waals surface area contributed by atoms with Gasteiger partial charge in [-0.1, -0.05) is 48.5 Å². The highest BCUT2D eigenvalue weighted by Gasteiger charge is 2.26. The number of para-hydroxylation sites is 1. The lowest BCUT2D eigenvalue weighted by molar-refractivity contribution is -0.123. The van der Waals surface area contributed by atoms with Crippen LogP contribution >= 0.6 is 0 Å². The van der Waals surface area contributed by atoms with Gasteiger partial charge in [0, 0.05) is 24.3 Å². The lowest BCUT2D eigenvalue weighted by Gasteiger charge is -2.19. The highest BCUT2D eigenvalue weighted by atomic mass is 16.5. The van der Waals surface area contributed by atoms with Gasteiger partial charge in [-0.3, -0.25) is 9.59 Å². The zero-order valence-corrected chi connectivity index (χ0v) is 16.9. The van der Waals surface area contributed by atoms with E-state index < -0.39 is 0 Å². The van der Waals surface area contributed by atoms with Crippen molar-refractivity contribution >= 4 is 17.5 Å². The second kappa shape index (κ2) is 8.82. The average molecular weight is 400 g/mol. The van der Waals surface area contributed by atoms with Gasteiger partial charge >= 0.3 is 0 Å². The number of rotatable bonds is 6. The van der Waals surface area contributed by atoms with Gasteiger partial charge in [0.1, 0.15) is 5.75 Å².